The summed E-state index contributed by atoms with van der Waals surface area (Å²) in [4.78, 5) is 69.1. The van der Waals surface area contributed by atoms with Crippen molar-refractivity contribution in [3.05, 3.63) is 96.1 Å². The Morgan fingerprint density at radius 2 is 0.897 bits per heavy atom. The molecule has 4 atom stereocenters. The van der Waals surface area contributed by atoms with Crippen molar-refractivity contribution in [3.8, 4) is 0 Å². The molecular weight excluding hydrogens is 1910 g/mol. The number of amides is 5. The molecule has 0 saturated carbocycles. The molecule has 9 rings (SSSR count). The first-order valence-electron chi connectivity index (χ1n) is 32.0. The zero-order valence-corrected chi connectivity index (χ0v) is 71.0. The maximum absolute atomic E-state index is 14.5. The van der Waals surface area contributed by atoms with Gasteiger partial charge in [0.05, 0.1) is 93.5 Å². The Morgan fingerprint density at radius 1 is 0.589 bits per heavy atom. The van der Waals surface area contributed by atoms with Crippen molar-refractivity contribution in [1.82, 2.24) is 31.7 Å². The lowest BCUT2D eigenvalue weighted by molar-refractivity contribution is -0.252. The number of hydrazone groups is 1. The zero-order valence-electron chi connectivity index (χ0n) is 60.8. The third-order valence-electron chi connectivity index (χ3n) is 13.8. The average molecular weight is 2020 g/mol. The van der Waals surface area contributed by atoms with E-state index < -0.39 is 57.4 Å². The van der Waals surface area contributed by atoms with E-state index in [0.29, 0.717) is 137 Å². The highest BCUT2D eigenvalue weighted by molar-refractivity contribution is 14.2. The van der Waals surface area contributed by atoms with Crippen LogP contribution >= 0.6 is 101 Å². The number of alkyl halides is 4. The fourth-order valence-corrected chi connectivity index (χ4v) is 9.33. The summed E-state index contributed by atoms with van der Waals surface area (Å²) in [6, 6.07) is 18.4. The maximum Gasteiger partial charge on any atom is 0.414 e. The predicted molar refractivity (Wildman–Crippen MR) is 449 cm³/mol. The van der Waals surface area contributed by atoms with Gasteiger partial charge in [0.2, 0.25) is 15.5 Å². The molecule has 4 aromatic rings. The number of aliphatic hydroxyl groups is 1. The second-order valence-electron chi connectivity index (χ2n) is 21.3. The molecule has 107 heavy (non-hydrogen) atoms. The molecule has 15 N–H and O–H groups in total. The van der Waals surface area contributed by atoms with Crippen molar-refractivity contribution in [1.29, 1.82) is 0 Å². The molecule has 4 saturated heterocycles. The van der Waals surface area contributed by atoms with Crippen molar-refractivity contribution in [2.24, 2.45) is 22.6 Å². The number of benzene rings is 4. The molecule has 43 heteroatoms. The molecule has 610 valence electrons. The Labute approximate surface area is 684 Å². The molecule has 33 nitrogen and oxygen atoms in total. The number of hydrogen-bond acceptors (Lipinski definition) is 28. The third-order valence-corrected chi connectivity index (χ3v) is 13.8. The van der Waals surface area contributed by atoms with Crippen LogP contribution in [0.25, 0.3) is 0 Å². The minimum atomic E-state index is -3.19. The van der Waals surface area contributed by atoms with Gasteiger partial charge >= 0.3 is 24.4 Å². The summed E-state index contributed by atoms with van der Waals surface area (Å²) in [6.45, 7) is 8.10. The Morgan fingerprint density at radius 3 is 1.14 bits per heavy atom. The van der Waals surface area contributed by atoms with Crippen molar-refractivity contribution < 1.29 is 88.2 Å². The molecule has 4 aromatic carbocycles. The summed E-state index contributed by atoms with van der Waals surface area (Å²) in [5.74, 6) is 11.4. The lowest BCUT2D eigenvalue weighted by Gasteiger charge is -2.27. The van der Waals surface area contributed by atoms with E-state index in [9.17, 15) is 50.0 Å². The third kappa shape index (κ3) is 39.4. The number of hydrogen-bond donors (Lipinski definition) is 12. The number of hydrazine groups is 2. The number of aliphatic hydroxyl groups excluding tert-OH is 1. The molecule has 0 bridgehead atoms. The smallest absolute Gasteiger partial charge is 0.414 e. The molecule has 0 spiro atoms. The molecule has 0 radical (unpaired) electrons. The van der Waals surface area contributed by atoms with Crippen molar-refractivity contribution in [3.63, 3.8) is 0 Å². The number of ether oxygens (including phenoxy) is 7. The lowest BCUT2D eigenvalue weighted by atomic mass is 10.2. The van der Waals surface area contributed by atoms with Gasteiger partial charge in [0.25, 0.3) is 6.48 Å². The van der Waals surface area contributed by atoms with E-state index in [-0.39, 0.29) is 50.8 Å². The highest BCUT2D eigenvalue weighted by Crippen LogP contribution is 2.31. The number of cyclic esters (lactones) is 4. The Balaban J connectivity index is 0. The molecule has 0 aliphatic carbocycles. The predicted octanol–water partition coefficient (Wildman–Crippen LogP) is 7.57. The standard InChI is InChI=1S/C15H18FN5O3.C14H20FN3O2.C13H20FN5O2.C13H18FN3O3.C4H10O3.CH3ClO2S.CH2I2.2CH3I.CH4.H4N2/c1-17-7-12-8-21(15(23)24-12)11-2-3-14(13(16)6-11)19-4-5-20(10-22)18-9-19;1-3-6-17-13-5-4-10(7-12(13)15)18-9-11(8-16-2)20-14(18)19;1-16-7-10-8-19(13(20)21-10)9-2-3-12(11(14)6-9)17-4-5-18-15;1-15-7-10-8-17(13(19)20-10)9-2-3-12(11(14)6-9)16-4-5-18;1-5-4(6-2)7-3;1-5(2,3)4;2-1-3;2*1-2;;1-2/h2-3,6,9-10,12,17H,4-5,7-8H2,1H3;4-5,7,11,16-17H,3,6,8-9H2,1-2H3;2-3,6,10,16-18H,4-5,7-8,15H2,1H3;2-3,6,10,15-16,18H,4-5,7-8H2,1H3;4H,1-3H3;1H3;1H2;2*1H3;1H4;1-2H2/t12-;11-;2*10-;;;;;;;/m0000......./s1. The summed E-state index contributed by atoms with van der Waals surface area (Å²) in [5.41, 5.74) is 5.84. The number of carbonyl (C=O) groups excluding carboxylic acids is 5. The monoisotopic (exact) mass is 2020 g/mol. The summed E-state index contributed by atoms with van der Waals surface area (Å²) in [6.07, 6.45) is 1.12. The van der Waals surface area contributed by atoms with Crippen LogP contribution in [0.1, 0.15) is 20.8 Å². The summed E-state index contributed by atoms with van der Waals surface area (Å²) >= 11 is 8.85. The van der Waals surface area contributed by atoms with E-state index in [1.54, 1.807) is 81.6 Å². The molecule has 4 fully saturated rings. The topological polar surface area (TPSA) is 410 Å². The van der Waals surface area contributed by atoms with Gasteiger partial charge in [0.1, 0.15) is 54.0 Å². The van der Waals surface area contributed by atoms with Gasteiger partial charge in [-0.15, -0.1) is 0 Å². The Hall–Kier alpha value is -5.30. The van der Waals surface area contributed by atoms with Crippen LogP contribution in [-0.2, 0) is 47.0 Å². The minimum Gasteiger partial charge on any atom is -0.443 e. The molecule has 0 aromatic heterocycles. The zero-order chi connectivity index (χ0) is 80.3. The molecule has 5 aliphatic rings. The van der Waals surface area contributed by atoms with E-state index in [4.69, 9.17) is 29.9 Å². The summed E-state index contributed by atoms with van der Waals surface area (Å²) in [5, 5.41) is 34.3. The van der Waals surface area contributed by atoms with Gasteiger partial charge in [-0.3, -0.25) is 47.3 Å². The van der Waals surface area contributed by atoms with Gasteiger partial charge in [-0.05, 0) is 117 Å². The van der Waals surface area contributed by atoms with Crippen LogP contribution in [0.3, 0.4) is 0 Å². The van der Waals surface area contributed by atoms with Crippen LogP contribution < -0.4 is 84.7 Å². The van der Waals surface area contributed by atoms with Crippen molar-refractivity contribution in [2.45, 2.75) is 51.7 Å². The number of rotatable bonds is 27. The molecule has 5 heterocycles. The quantitative estimate of drug-likeness (QED) is 0.00261. The largest absolute Gasteiger partial charge is 0.443 e. The number of nitrogens with two attached hydrogens (primary N) is 3. The number of nitrogens with one attached hydrogen (secondary N) is 8. The van der Waals surface area contributed by atoms with Gasteiger partial charge in [-0.1, -0.05) is 105 Å². The Bertz CT molecular complexity index is 3220. The van der Waals surface area contributed by atoms with Crippen LogP contribution in [0.2, 0.25) is 0 Å². The van der Waals surface area contributed by atoms with Crippen molar-refractivity contribution in [2.75, 3.05) is 207 Å². The first kappa shape index (κ1) is 104. The van der Waals surface area contributed by atoms with Crippen molar-refractivity contribution >= 4 is 193 Å². The first-order chi connectivity index (χ1) is 50.8. The van der Waals surface area contributed by atoms with Gasteiger partial charge < -0.3 is 80.4 Å². The second-order valence-corrected chi connectivity index (χ2v) is 28.7. The van der Waals surface area contributed by atoms with E-state index in [1.807, 2.05) is 16.8 Å². The maximum atomic E-state index is 14.5. The number of nitrogens with zero attached hydrogens (tertiary/aromatic N) is 7. The van der Waals surface area contributed by atoms with Gasteiger partial charge in [-0.25, -0.2) is 50.2 Å². The minimum absolute atomic E-state index is 0. The van der Waals surface area contributed by atoms with E-state index in [0.717, 1.165) is 12.7 Å². The number of halogens is 9. The van der Waals surface area contributed by atoms with Crippen LogP contribution in [-0.4, -0.2) is 253 Å². The van der Waals surface area contributed by atoms with E-state index >= 15 is 0 Å². The summed E-state index contributed by atoms with van der Waals surface area (Å²) < 4.78 is 111. The highest BCUT2D eigenvalue weighted by atomic mass is 127. The van der Waals surface area contributed by atoms with Gasteiger partial charge in [0, 0.05) is 90.9 Å². The van der Waals surface area contributed by atoms with Gasteiger partial charge in [-0.2, -0.15) is 5.10 Å². The molecular formula is C64H105ClF4I4N18O15S. The Kier molecular flexibility index (Phi) is 58.6. The molecule has 0 unspecified atom stereocenters. The average Bonchev–Trinajstić information content (AvgIpc) is 1.77. The first-order valence-corrected chi connectivity index (χ1v) is 42.1. The van der Waals surface area contributed by atoms with Crippen LogP contribution in [0.5, 0.6) is 0 Å². The number of likely N-dealkylation sites (N-methyl/N-ethyl adjacent to an activating group) is 4. The fraction of sp³-hybridized carbons (Fsp3) is 0.531. The SMILES string of the molecule is C.CCCNc1ccc(N2C[C@H](CNC)OC2=O)cc1F.CI.CI.CNC[C@H]1CN(c2ccc(N3C=NN(C=O)CC3)c(F)c2)C(=O)O1.CNC[C@H]1CN(c2ccc(NCCNN)c(F)c2)C(=O)O1.CNC[C@H]1CN(c2ccc(NCCO)c(F)c2)C(=O)O1.COC(OC)OC.CS(=O)(=O)Cl.ICI.NN. The van der Waals surface area contributed by atoms with E-state index in [1.165, 1.54) is 79.0 Å². The van der Waals surface area contributed by atoms with Crippen LogP contribution in [0.4, 0.5) is 82.2 Å². The second kappa shape index (κ2) is 60.4. The van der Waals surface area contributed by atoms with Crippen LogP contribution in [0, 0.1) is 23.3 Å². The van der Waals surface area contributed by atoms with Crippen LogP contribution in [0.15, 0.2) is 77.9 Å². The summed E-state index contributed by atoms with van der Waals surface area (Å²) in [7, 11) is 13.0. The fourth-order valence-electron chi connectivity index (χ4n) is 9.33. The number of carbonyl (C=O) groups is 5. The lowest BCUT2D eigenvalue weighted by Crippen LogP contribution is -2.37. The highest BCUT2D eigenvalue weighted by Gasteiger charge is 2.36. The number of anilines is 8. The number of methoxy groups -OCH3 is 3. The van der Waals surface area contributed by atoms with Gasteiger partial charge in [0.15, 0.2) is 0 Å². The normalized spacial score (nSPS) is 16.5. The molecule has 5 amide bonds. The molecule has 5 aliphatic heterocycles. The van der Waals surface area contributed by atoms with E-state index in [2.05, 4.69) is 175 Å².